The summed E-state index contributed by atoms with van der Waals surface area (Å²) in [5.41, 5.74) is 1.91. The Bertz CT molecular complexity index is 1050. The maximum Gasteiger partial charge on any atom is 0.258 e. The molecule has 3 aromatic rings. The summed E-state index contributed by atoms with van der Waals surface area (Å²) in [6.07, 6.45) is 0. The molecule has 8 nitrogen and oxygen atoms in total. The number of nitrogens with one attached hydrogen (secondary N) is 2. The van der Waals surface area contributed by atoms with Crippen molar-refractivity contribution in [2.24, 2.45) is 0 Å². The van der Waals surface area contributed by atoms with Crippen molar-refractivity contribution in [3.8, 4) is 11.6 Å². The molecule has 2 aromatic heterocycles. The molecule has 2 N–H and O–H groups in total. The fourth-order valence-electron chi connectivity index (χ4n) is 2.79. The molecule has 0 atom stereocenters. The fraction of sp³-hybridized carbons (Fsp3) is 0.300. The Kier molecular flexibility index (Phi) is 7.12. The number of benzene rings is 1. The molecular formula is C20H22Cl2N6O2. The van der Waals surface area contributed by atoms with E-state index in [1.165, 1.54) is 0 Å². The zero-order chi connectivity index (χ0) is 21.7. The number of rotatable bonds is 8. The van der Waals surface area contributed by atoms with Crippen LogP contribution >= 0.6 is 23.2 Å². The molecule has 0 unspecified atom stereocenters. The average Bonchev–Trinajstić information content (AvgIpc) is 3.02. The highest BCUT2D eigenvalue weighted by atomic mass is 35.5. The van der Waals surface area contributed by atoms with E-state index in [4.69, 9.17) is 27.9 Å². The lowest BCUT2D eigenvalue weighted by Gasteiger charge is -2.11. The van der Waals surface area contributed by atoms with Gasteiger partial charge in [0.1, 0.15) is 17.4 Å². The molecule has 1 amide bonds. The zero-order valence-corrected chi connectivity index (χ0v) is 18.4. The fourth-order valence-corrected chi connectivity index (χ4v) is 3.25. The number of nitrogens with zero attached hydrogens (tertiary/aromatic N) is 4. The summed E-state index contributed by atoms with van der Waals surface area (Å²) < 4.78 is 7.18. The molecule has 0 bridgehead atoms. The third-order valence-corrected chi connectivity index (χ3v) is 4.59. The van der Waals surface area contributed by atoms with Crippen molar-refractivity contribution in [1.82, 2.24) is 25.1 Å². The van der Waals surface area contributed by atoms with Gasteiger partial charge in [-0.15, -0.1) is 0 Å². The Morgan fingerprint density at radius 3 is 2.60 bits per heavy atom. The largest absolute Gasteiger partial charge is 0.482 e. The average molecular weight is 449 g/mol. The Balaban J connectivity index is 1.48. The van der Waals surface area contributed by atoms with E-state index in [2.05, 4.69) is 25.7 Å². The topological polar surface area (TPSA) is 94.0 Å². The van der Waals surface area contributed by atoms with Crippen LogP contribution in [0.2, 0.25) is 10.0 Å². The number of carbonyl (C=O) groups is 1. The third kappa shape index (κ3) is 5.84. The van der Waals surface area contributed by atoms with E-state index >= 15 is 0 Å². The van der Waals surface area contributed by atoms with Crippen molar-refractivity contribution in [3.63, 3.8) is 0 Å². The van der Waals surface area contributed by atoms with E-state index in [1.807, 2.05) is 32.9 Å². The van der Waals surface area contributed by atoms with Gasteiger partial charge < -0.3 is 15.4 Å². The minimum absolute atomic E-state index is 0.143. The monoisotopic (exact) mass is 448 g/mol. The molecule has 0 spiro atoms. The van der Waals surface area contributed by atoms with Crippen molar-refractivity contribution in [2.75, 3.05) is 25.0 Å². The summed E-state index contributed by atoms with van der Waals surface area (Å²) in [7, 11) is 0. The quantitative estimate of drug-likeness (QED) is 0.512. The Morgan fingerprint density at radius 1 is 1.10 bits per heavy atom. The first-order chi connectivity index (χ1) is 14.3. The minimum Gasteiger partial charge on any atom is -0.482 e. The first kappa shape index (κ1) is 21.9. The predicted octanol–water partition coefficient (Wildman–Crippen LogP) is 3.50. The van der Waals surface area contributed by atoms with Gasteiger partial charge in [-0.2, -0.15) is 5.10 Å². The van der Waals surface area contributed by atoms with E-state index in [1.54, 1.807) is 22.9 Å². The van der Waals surface area contributed by atoms with E-state index in [0.717, 1.165) is 11.4 Å². The van der Waals surface area contributed by atoms with Gasteiger partial charge in [0.25, 0.3) is 5.91 Å². The lowest BCUT2D eigenvalue weighted by molar-refractivity contribution is -0.123. The molecule has 158 valence electrons. The van der Waals surface area contributed by atoms with Gasteiger partial charge in [0.15, 0.2) is 12.4 Å². The number of aromatic nitrogens is 4. The van der Waals surface area contributed by atoms with Gasteiger partial charge in [0.05, 0.1) is 10.7 Å². The molecule has 2 heterocycles. The molecule has 0 aliphatic rings. The molecule has 0 saturated heterocycles. The molecule has 0 fully saturated rings. The molecule has 3 rings (SSSR count). The number of amides is 1. The maximum absolute atomic E-state index is 12.0. The number of hydrogen-bond acceptors (Lipinski definition) is 6. The molecule has 10 heteroatoms. The van der Waals surface area contributed by atoms with Crippen LogP contribution in [-0.2, 0) is 4.79 Å². The smallest absolute Gasteiger partial charge is 0.258 e. The van der Waals surface area contributed by atoms with E-state index in [0.29, 0.717) is 46.3 Å². The summed E-state index contributed by atoms with van der Waals surface area (Å²) in [4.78, 5) is 20.8. The van der Waals surface area contributed by atoms with Crippen LogP contribution in [0.25, 0.3) is 5.82 Å². The number of anilines is 1. The van der Waals surface area contributed by atoms with Gasteiger partial charge in [0, 0.05) is 29.9 Å². The molecule has 0 aliphatic heterocycles. The SMILES string of the molecule is Cc1cc(C)n(-c2cc(NCCNC(=O)COc3ccc(Cl)cc3Cl)nc(C)n2)n1. The second-order valence-corrected chi connectivity index (χ2v) is 7.48. The van der Waals surface area contributed by atoms with Crippen LogP contribution in [0, 0.1) is 20.8 Å². The Hall–Kier alpha value is -2.84. The Morgan fingerprint density at radius 2 is 1.90 bits per heavy atom. The summed E-state index contributed by atoms with van der Waals surface area (Å²) in [6.45, 7) is 6.47. The van der Waals surface area contributed by atoms with Crippen LogP contribution < -0.4 is 15.4 Å². The molecule has 30 heavy (non-hydrogen) atoms. The summed E-state index contributed by atoms with van der Waals surface area (Å²) in [5, 5.41) is 11.3. The second-order valence-electron chi connectivity index (χ2n) is 6.64. The van der Waals surface area contributed by atoms with Crippen LogP contribution in [-0.4, -0.2) is 45.4 Å². The predicted molar refractivity (Wildman–Crippen MR) is 117 cm³/mol. The molecule has 0 saturated carbocycles. The summed E-state index contributed by atoms with van der Waals surface area (Å²) in [5.74, 6) is 2.11. The van der Waals surface area contributed by atoms with E-state index in [-0.39, 0.29) is 12.5 Å². The van der Waals surface area contributed by atoms with Crippen LogP contribution in [0.5, 0.6) is 5.75 Å². The van der Waals surface area contributed by atoms with Gasteiger partial charge in [-0.05, 0) is 45.0 Å². The zero-order valence-electron chi connectivity index (χ0n) is 16.9. The highest BCUT2D eigenvalue weighted by Gasteiger charge is 2.09. The van der Waals surface area contributed by atoms with Gasteiger partial charge in [0.2, 0.25) is 0 Å². The maximum atomic E-state index is 12.0. The van der Waals surface area contributed by atoms with Crippen molar-refractivity contribution in [1.29, 1.82) is 0 Å². The van der Waals surface area contributed by atoms with Crippen molar-refractivity contribution < 1.29 is 9.53 Å². The lowest BCUT2D eigenvalue weighted by atomic mass is 10.3. The third-order valence-electron chi connectivity index (χ3n) is 4.06. The van der Waals surface area contributed by atoms with E-state index < -0.39 is 0 Å². The second kappa shape index (κ2) is 9.77. The highest BCUT2D eigenvalue weighted by molar-refractivity contribution is 6.35. The van der Waals surface area contributed by atoms with E-state index in [9.17, 15) is 4.79 Å². The van der Waals surface area contributed by atoms with Crippen molar-refractivity contribution in [2.45, 2.75) is 20.8 Å². The number of aryl methyl sites for hydroxylation is 3. The number of carbonyl (C=O) groups excluding carboxylic acids is 1. The summed E-state index contributed by atoms with van der Waals surface area (Å²) in [6, 6.07) is 8.63. The molecule has 0 aliphatic carbocycles. The van der Waals surface area contributed by atoms with Crippen LogP contribution in [0.4, 0.5) is 5.82 Å². The molecule has 1 aromatic carbocycles. The number of hydrogen-bond donors (Lipinski definition) is 2. The molecular weight excluding hydrogens is 427 g/mol. The van der Waals surface area contributed by atoms with Crippen molar-refractivity contribution >= 4 is 34.9 Å². The first-order valence-corrected chi connectivity index (χ1v) is 10.0. The van der Waals surface area contributed by atoms with Gasteiger partial charge >= 0.3 is 0 Å². The normalized spacial score (nSPS) is 10.7. The molecule has 0 radical (unpaired) electrons. The number of ether oxygens (including phenoxy) is 1. The first-order valence-electron chi connectivity index (χ1n) is 9.29. The van der Waals surface area contributed by atoms with Crippen LogP contribution in [0.1, 0.15) is 17.2 Å². The standard InChI is InChI=1S/C20H22Cl2N6O2/c1-12-8-13(2)28(27-12)19-10-18(25-14(3)26-19)23-6-7-24-20(29)11-30-17-5-4-15(21)9-16(17)22/h4-5,8-10H,6-7,11H2,1-3H3,(H,24,29)(H,23,25,26). The van der Waals surface area contributed by atoms with Crippen LogP contribution in [0.3, 0.4) is 0 Å². The lowest BCUT2D eigenvalue weighted by Crippen LogP contribution is -2.32. The van der Waals surface area contributed by atoms with Crippen LogP contribution in [0.15, 0.2) is 30.3 Å². The minimum atomic E-state index is -0.259. The Labute approximate surface area is 184 Å². The van der Waals surface area contributed by atoms with Gasteiger partial charge in [-0.3, -0.25) is 4.79 Å². The van der Waals surface area contributed by atoms with Crippen molar-refractivity contribution in [3.05, 3.63) is 57.6 Å². The number of halogens is 2. The van der Waals surface area contributed by atoms with Gasteiger partial charge in [-0.25, -0.2) is 14.6 Å². The highest BCUT2D eigenvalue weighted by Crippen LogP contribution is 2.27. The van der Waals surface area contributed by atoms with Gasteiger partial charge in [-0.1, -0.05) is 23.2 Å². The summed E-state index contributed by atoms with van der Waals surface area (Å²) >= 11 is 11.9.